The summed E-state index contributed by atoms with van der Waals surface area (Å²) >= 11 is 0. The Bertz CT molecular complexity index is 111. The summed E-state index contributed by atoms with van der Waals surface area (Å²) in [6, 6.07) is 0. The normalized spacial score (nSPS) is 28.1. The van der Waals surface area contributed by atoms with Crippen molar-refractivity contribution in [1.29, 1.82) is 0 Å². The number of hydrogen-bond acceptors (Lipinski definition) is 3. The molecule has 0 radical (unpaired) electrons. The van der Waals surface area contributed by atoms with Crippen LogP contribution in [0.2, 0.25) is 0 Å². The van der Waals surface area contributed by atoms with Crippen LogP contribution in [0, 0.1) is 0 Å². The van der Waals surface area contributed by atoms with Crippen LogP contribution in [0.1, 0.15) is 19.8 Å². The molecule has 0 spiro atoms. The van der Waals surface area contributed by atoms with E-state index < -0.39 is 6.16 Å². The maximum absolute atomic E-state index is 10.4. The molecular weight excluding hydrogens is 120 g/mol. The molecule has 1 aliphatic rings. The Morgan fingerprint density at radius 2 is 2.44 bits per heavy atom. The Morgan fingerprint density at radius 3 is 3.22 bits per heavy atom. The number of hydrogen-bond donors (Lipinski definition) is 0. The van der Waals surface area contributed by atoms with Crippen LogP contribution >= 0.6 is 0 Å². The van der Waals surface area contributed by atoms with Crippen molar-refractivity contribution in [3.63, 3.8) is 0 Å². The fraction of sp³-hybridized carbons (Fsp3) is 0.833. The van der Waals surface area contributed by atoms with E-state index in [0.717, 1.165) is 12.8 Å². The van der Waals surface area contributed by atoms with Gasteiger partial charge in [0.1, 0.15) is 6.10 Å². The molecule has 0 amide bonds. The standard InChI is InChI=1S/C6H10O3/c1-5-3-2-4-8-6(7)9-5/h5H,2-4H2,1H3. The highest BCUT2D eigenvalue weighted by Crippen LogP contribution is 2.07. The van der Waals surface area contributed by atoms with Gasteiger partial charge < -0.3 is 9.47 Å². The van der Waals surface area contributed by atoms with Crippen LogP contribution in [0.25, 0.3) is 0 Å². The monoisotopic (exact) mass is 130 g/mol. The summed E-state index contributed by atoms with van der Waals surface area (Å²) < 4.78 is 9.36. The van der Waals surface area contributed by atoms with E-state index in [-0.39, 0.29) is 6.10 Å². The minimum atomic E-state index is -0.528. The van der Waals surface area contributed by atoms with Crippen LogP contribution in [0.3, 0.4) is 0 Å². The van der Waals surface area contributed by atoms with Gasteiger partial charge in [0.25, 0.3) is 0 Å². The van der Waals surface area contributed by atoms with Gasteiger partial charge in [-0.2, -0.15) is 0 Å². The molecule has 1 heterocycles. The summed E-state index contributed by atoms with van der Waals surface area (Å²) in [4.78, 5) is 10.4. The number of carbonyl (C=O) groups is 1. The van der Waals surface area contributed by atoms with Gasteiger partial charge in [0.2, 0.25) is 0 Å². The molecule has 1 aliphatic heterocycles. The van der Waals surface area contributed by atoms with E-state index in [1.165, 1.54) is 0 Å². The van der Waals surface area contributed by atoms with Crippen molar-refractivity contribution in [2.75, 3.05) is 6.61 Å². The van der Waals surface area contributed by atoms with Gasteiger partial charge in [0, 0.05) is 0 Å². The summed E-state index contributed by atoms with van der Waals surface area (Å²) in [5.41, 5.74) is 0. The molecule has 52 valence electrons. The number of cyclic esters (lactones) is 2. The van der Waals surface area contributed by atoms with E-state index in [1.807, 2.05) is 6.92 Å². The van der Waals surface area contributed by atoms with Crippen molar-refractivity contribution in [2.24, 2.45) is 0 Å². The number of carbonyl (C=O) groups excluding carboxylic acids is 1. The van der Waals surface area contributed by atoms with Crippen LogP contribution in [0.15, 0.2) is 0 Å². The summed E-state index contributed by atoms with van der Waals surface area (Å²) in [6.45, 7) is 2.37. The zero-order chi connectivity index (χ0) is 6.69. The Kier molecular flexibility index (Phi) is 1.92. The summed E-state index contributed by atoms with van der Waals surface area (Å²) in [5.74, 6) is 0. The first-order chi connectivity index (χ1) is 4.29. The molecule has 1 rings (SSSR count). The summed E-state index contributed by atoms with van der Waals surface area (Å²) in [7, 11) is 0. The Morgan fingerprint density at radius 1 is 1.67 bits per heavy atom. The second-order valence-electron chi connectivity index (χ2n) is 2.17. The molecule has 0 aromatic rings. The number of rotatable bonds is 0. The summed E-state index contributed by atoms with van der Waals surface area (Å²) in [5, 5.41) is 0. The first-order valence-electron chi connectivity index (χ1n) is 3.12. The lowest BCUT2D eigenvalue weighted by Gasteiger charge is -2.04. The zero-order valence-corrected chi connectivity index (χ0v) is 5.42. The molecule has 0 bridgehead atoms. The van der Waals surface area contributed by atoms with Crippen molar-refractivity contribution in [1.82, 2.24) is 0 Å². The maximum Gasteiger partial charge on any atom is 0.508 e. The van der Waals surface area contributed by atoms with Crippen LogP contribution in [0.4, 0.5) is 4.79 Å². The topological polar surface area (TPSA) is 35.5 Å². The molecule has 0 saturated carbocycles. The largest absolute Gasteiger partial charge is 0.508 e. The van der Waals surface area contributed by atoms with E-state index in [0.29, 0.717) is 6.61 Å². The third-order valence-electron chi connectivity index (χ3n) is 1.27. The lowest BCUT2D eigenvalue weighted by molar-refractivity contribution is 0.0488. The molecule has 1 atom stereocenters. The molecule has 9 heavy (non-hydrogen) atoms. The average Bonchev–Trinajstić information content (AvgIpc) is 1.93. The Hall–Kier alpha value is -0.730. The minimum absolute atomic E-state index is 0.0278. The molecule has 1 unspecified atom stereocenters. The van der Waals surface area contributed by atoms with E-state index in [4.69, 9.17) is 4.74 Å². The Balaban J connectivity index is 2.37. The SMILES string of the molecule is CC1CCCOC(=O)O1. The van der Waals surface area contributed by atoms with Gasteiger partial charge in [-0.05, 0) is 19.8 Å². The third kappa shape index (κ3) is 1.91. The van der Waals surface area contributed by atoms with E-state index in [9.17, 15) is 4.79 Å². The van der Waals surface area contributed by atoms with Crippen molar-refractivity contribution in [3.05, 3.63) is 0 Å². The van der Waals surface area contributed by atoms with Gasteiger partial charge in [-0.1, -0.05) is 0 Å². The maximum atomic E-state index is 10.4. The minimum Gasteiger partial charge on any atom is -0.434 e. The molecule has 3 heteroatoms. The predicted molar refractivity (Wildman–Crippen MR) is 31.1 cm³/mol. The van der Waals surface area contributed by atoms with Gasteiger partial charge in [0.05, 0.1) is 6.61 Å². The third-order valence-corrected chi connectivity index (χ3v) is 1.27. The molecular formula is C6H10O3. The fourth-order valence-electron chi connectivity index (χ4n) is 0.784. The number of ether oxygens (including phenoxy) is 2. The predicted octanol–water partition coefficient (Wildman–Crippen LogP) is 1.32. The highest BCUT2D eigenvalue weighted by molar-refractivity contribution is 5.60. The van der Waals surface area contributed by atoms with Gasteiger partial charge >= 0.3 is 6.16 Å². The smallest absolute Gasteiger partial charge is 0.434 e. The second kappa shape index (κ2) is 2.71. The first-order valence-corrected chi connectivity index (χ1v) is 3.12. The first kappa shape index (κ1) is 6.39. The van der Waals surface area contributed by atoms with Gasteiger partial charge in [0.15, 0.2) is 0 Å². The molecule has 0 aromatic heterocycles. The van der Waals surface area contributed by atoms with Crippen molar-refractivity contribution in [2.45, 2.75) is 25.9 Å². The fourth-order valence-corrected chi connectivity index (χ4v) is 0.784. The molecule has 0 N–H and O–H groups in total. The quantitative estimate of drug-likeness (QED) is 0.464. The molecule has 3 nitrogen and oxygen atoms in total. The highest BCUT2D eigenvalue weighted by atomic mass is 16.7. The molecule has 0 aromatic carbocycles. The van der Waals surface area contributed by atoms with Gasteiger partial charge in [-0.15, -0.1) is 0 Å². The molecule has 1 fully saturated rings. The highest BCUT2D eigenvalue weighted by Gasteiger charge is 2.14. The average molecular weight is 130 g/mol. The van der Waals surface area contributed by atoms with Crippen molar-refractivity contribution in [3.8, 4) is 0 Å². The second-order valence-corrected chi connectivity index (χ2v) is 2.17. The summed E-state index contributed by atoms with van der Waals surface area (Å²) in [6.07, 6.45) is 1.32. The van der Waals surface area contributed by atoms with Crippen LogP contribution in [-0.2, 0) is 9.47 Å². The van der Waals surface area contributed by atoms with Crippen molar-refractivity contribution < 1.29 is 14.3 Å². The van der Waals surface area contributed by atoms with Crippen LogP contribution in [-0.4, -0.2) is 18.9 Å². The van der Waals surface area contributed by atoms with Gasteiger partial charge in [-0.3, -0.25) is 0 Å². The van der Waals surface area contributed by atoms with E-state index >= 15 is 0 Å². The lowest BCUT2D eigenvalue weighted by Crippen LogP contribution is -2.10. The van der Waals surface area contributed by atoms with Crippen LogP contribution < -0.4 is 0 Å². The molecule has 0 aliphatic carbocycles. The molecule has 1 saturated heterocycles. The van der Waals surface area contributed by atoms with E-state index in [1.54, 1.807) is 0 Å². The van der Waals surface area contributed by atoms with Crippen LogP contribution in [0.5, 0.6) is 0 Å². The zero-order valence-electron chi connectivity index (χ0n) is 5.42. The Labute approximate surface area is 53.9 Å². The van der Waals surface area contributed by atoms with E-state index in [2.05, 4.69) is 4.74 Å². The van der Waals surface area contributed by atoms with Crippen molar-refractivity contribution >= 4 is 6.16 Å². The van der Waals surface area contributed by atoms with Gasteiger partial charge in [-0.25, -0.2) is 4.79 Å². The lowest BCUT2D eigenvalue weighted by atomic mass is 10.2.